The maximum absolute atomic E-state index is 11.1. The van der Waals surface area contributed by atoms with Crippen LogP contribution in [0.1, 0.15) is 18.5 Å². The van der Waals surface area contributed by atoms with Crippen molar-refractivity contribution in [2.75, 3.05) is 60.2 Å². The Labute approximate surface area is 149 Å². The molecule has 0 saturated carbocycles. The summed E-state index contributed by atoms with van der Waals surface area (Å²) in [5.41, 5.74) is -0.0419. The number of methoxy groups -OCH3 is 2. The van der Waals surface area contributed by atoms with Gasteiger partial charge in [-0.1, -0.05) is 0 Å². The van der Waals surface area contributed by atoms with E-state index in [-0.39, 0.29) is 0 Å². The van der Waals surface area contributed by atoms with E-state index in [0.717, 1.165) is 25.3 Å². The molecule has 0 radical (unpaired) electrons. The number of ether oxygens (including phenoxy) is 3. The summed E-state index contributed by atoms with van der Waals surface area (Å²) < 4.78 is 16.5. The Bertz CT molecular complexity index is 565. The van der Waals surface area contributed by atoms with Gasteiger partial charge in [0.25, 0.3) is 0 Å². The van der Waals surface area contributed by atoms with Crippen LogP contribution in [0.25, 0.3) is 0 Å². The highest BCUT2D eigenvalue weighted by Gasteiger charge is 2.35. The van der Waals surface area contributed by atoms with Gasteiger partial charge in [0.1, 0.15) is 11.3 Å². The van der Waals surface area contributed by atoms with Crippen LogP contribution in [0.15, 0.2) is 12.3 Å². The molecule has 0 aliphatic carbocycles. The summed E-state index contributed by atoms with van der Waals surface area (Å²) in [7, 11) is 3.24. The molecule has 0 bridgehead atoms. The predicted molar refractivity (Wildman–Crippen MR) is 94.1 cm³/mol. The van der Waals surface area contributed by atoms with E-state index in [1.165, 1.54) is 12.8 Å². The Morgan fingerprint density at radius 2 is 2.00 bits per heavy atom. The number of hydrogen-bond acceptors (Lipinski definition) is 7. The smallest absolute Gasteiger partial charge is 0.183 e. The molecule has 1 atom stereocenters. The second-order valence-electron chi connectivity index (χ2n) is 6.96. The van der Waals surface area contributed by atoms with Gasteiger partial charge in [0.2, 0.25) is 0 Å². The van der Waals surface area contributed by atoms with E-state index in [4.69, 9.17) is 14.2 Å². The van der Waals surface area contributed by atoms with Crippen molar-refractivity contribution in [1.82, 2.24) is 14.8 Å². The van der Waals surface area contributed by atoms with Gasteiger partial charge in [-0.2, -0.15) is 0 Å². The molecule has 3 rings (SSSR count). The van der Waals surface area contributed by atoms with E-state index < -0.39 is 5.60 Å². The quantitative estimate of drug-likeness (QED) is 0.811. The molecule has 2 aliphatic rings. The lowest BCUT2D eigenvalue weighted by atomic mass is 10.0. The number of rotatable bonds is 6. The van der Waals surface area contributed by atoms with Crippen LogP contribution in [-0.2, 0) is 11.3 Å². The number of pyridine rings is 1. The fourth-order valence-corrected chi connectivity index (χ4v) is 3.76. The topological polar surface area (TPSA) is 67.3 Å². The molecule has 3 heterocycles. The molecule has 1 N–H and O–H groups in total. The SMILES string of the molecule is COc1ccnc(CN2CCOCC(O)(CN3CCCC3)C2)c1OC. The lowest BCUT2D eigenvalue weighted by Gasteiger charge is -2.34. The first-order chi connectivity index (χ1) is 12.1. The monoisotopic (exact) mass is 351 g/mol. The molecule has 1 aromatic rings. The number of likely N-dealkylation sites (tertiary alicyclic amines) is 1. The van der Waals surface area contributed by atoms with Gasteiger partial charge in [-0.25, -0.2) is 0 Å². The molecule has 7 nitrogen and oxygen atoms in total. The molecule has 2 saturated heterocycles. The van der Waals surface area contributed by atoms with E-state index >= 15 is 0 Å². The summed E-state index contributed by atoms with van der Waals surface area (Å²) in [5, 5.41) is 11.1. The normalized spacial score (nSPS) is 25.7. The average molecular weight is 351 g/mol. The zero-order valence-electron chi connectivity index (χ0n) is 15.2. The Kier molecular flexibility index (Phi) is 6.11. The first-order valence-corrected chi connectivity index (χ1v) is 8.94. The molecule has 0 amide bonds. The number of nitrogens with zero attached hydrogens (tertiary/aromatic N) is 3. The summed E-state index contributed by atoms with van der Waals surface area (Å²) in [5.74, 6) is 1.32. The molecular weight excluding hydrogens is 322 g/mol. The first-order valence-electron chi connectivity index (χ1n) is 8.94. The van der Waals surface area contributed by atoms with Crippen LogP contribution in [0.4, 0.5) is 0 Å². The standard InChI is InChI=1S/C18H29N3O4/c1-23-16-5-6-19-15(17(16)24-2)11-21-9-10-25-14-18(22,13-21)12-20-7-3-4-8-20/h5-6,22H,3-4,7-14H2,1-2H3. The summed E-state index contributed by atoms with van der Waals surface area (Å²) in [6.07, 6.45) is 4.15. The minimum absolute atomic E-state index is 0.378. The van der Waals surface area contributed by atoms with Crippen LogP contribution >= 0.6 is 0 Å². The van der Waals surface area contributed by atoms with Crippen LogP contribution in [-0.4, -0.2) is 85.6 Å². The molecule has 2 aliphatic heterocycles. The van der Waals surface area contributed by atoms with Gasteiger partial charge < -0.3 is 24.2 Å². The predicted octanol–water partition coefficient (Wildman–Crippen LogP) is 0.758. The van der Waals surface area contributed by atoms with E-state index in [9.17, 15) is 5.11 Å². The van der Waals surface area contributed by atoms with Gasteiger partial charge in [-0.05, 0) is 25.9 Å². The summed E-state index contributed by atoms with van der Waals surface area (Å²) in [6, 6.07) is 1.79. The fourth-order valence-electron chi connectivity index (χ4n) is 3.76. The van der Waals surface area contributed by atoms with E-state index in [1.807, 2.05) is 0 Å². The zero-order chi connectivity index (χ0) is 17.7. The Morgan fingerprint density at radius 1 is 1.20 bits per heavy atom. The Morgan fingerprint density at radius 3 is 2.72 bits per heavy atom. The molecule has 140 valence electrons. The van der Waals surface area contributed by atoms with Gasteiger partial charge in [0.15, 0.2) is 11.5 Å². The average Bonchev–Trinajstić information content (AvgIpc) is 3.03. The van der Waals surface area contributed by atoms with Crippen LogP contribution in [0.2, 0.25) is 0 Å². The first kappa shape index (κ1) is 18.4. The molecule has 1 unspecified atom stereocenters. The molecule has 7 heteroatoms. The Hall–Kier alpha value is -1.41. The van der Waals surface area contributed by atoms with Crippen molar-refractivity contribution in [3.63, 3.8) is 0 Å². The minimum atomic E-state index is -0.854. The highest BCUT2D eigenvalue weighted by molar-refractivity contribution is 5.42. The molecule has 0 aromatic carbocycles. The van der Waals surface area contributed by atoms with Crippen molar-refractivity contribution in [2.24, 2.45) is 0 Å². The van der Waals surface area contributed by atoms with Crippen molar-refractivity contribution in [2.45, 2.75) is 25.0 Å². The third-order valence-corrected chi connectivity index (χ3v) is 4.90. The maximum Gasteiger partial charge on any atom is 0.183 e. The van der Waals surface area contributed by atoms with E-state index in [1.54, 1.807) is 26.5 Å². The van der Waals surface area contributed by atoms with Gasteiger partial charge in [-0.3, -0.25) is 9.88 Å². The largest absolute Gasteiger partial charge is 0.493 e. The van der Waals surface area contributed by atoms with Gasteiger partial charge in [-0.15, -0.1) is 0 Å². The van der Waals surface area contributed by atoms with Gasteiger partial charge >= 0.3 is 0 Å². The van der Waals surface area contributed by atoms with E-state index in [0.29, 0.717) is 44.3 Å². The number of β-amino-alcohol motifs (C(OH)–C–C–N with tert-alkyl or cyclic N) is 1. The summed E-state index contributed by atoms with van der Waals surface area (Å²) in [6.45, 7) is 5.67. The number of aliphatic hydroxyl groups is 1. The fraction of sp³-hybridized carbons (Fsp3) is 0.722. The van der Waals surface area contributed by atoms with Crippen LogP contribution in [0.3, 0.4) is 0 Å². The van der Waals surface area contributed by atoms with Crippen LogP contribution < -0.4 is 9.47 Å². The van der Waals surface area contributed by atoms with Crippen molar-refractivity contribution in [3.8, 4) is 11.5 Å². The van der Waals surface area contributed by atoms with Crippen molar-refractivity contribution >= 4 is 0 Å². The third kappa shape index (κ3) is 4.61. The van der Waals surface area contributed by atoms with Gasteiger partial charge in [0, 0.05) is 38.4 Å². The number of hydrogen-bond donors (Lipinski definition) is 1. The van der Waals surface area contributed by atoms with E-state index in [2.05, 4.69) is 14.8 Å². The second-order valence-corrected chi connectivity index (χ2v) is 6.96. The molecule has 25 heavy (non-hydrogen) atoms. The maximum atomic E-state index is 11.1. The highest BCUT2D eigenvalue weighted by atomic mass is 16.5. The Balaban J connectivity index is 1.71. The van der Waals surface area contributed by atoms with Gasteiger partial charge in [0.05, 0.1) is 27.4 Å². The molecular formula is C18H29N3O4. The summed E-state index contributed by atoms with van der Waals surface area (Å²) >= 11 is 0. The lowest BCUT2D eigenvalue weighted by molar-refractivity contribution is -0.0549. The molecule has 2 fully saturated rings. The molecule has 0 spiro atoms. The van der Waals surface area contributed by atoms with Crippen LogP contribution in [0.5, 0.6) is 11.5 Å². The summed E-state index contributed by atoms with van der Waals surface area (Å²) in [4.78, 5) is 8.97. The number of aromatic nitrogens is 1. The van der Waals surface area contributed by atoms with Crippen molar-refractivity contribution < 1.29 is 19.3 Å². The lowest BCUT2D eigenvalue weighted by Crippen LogP contribution is -2.51. The minimum Gasteiger partial charge on any atom is -0.493 e. The molecule has 1 aromatic heterocycles. The van der Waals surface area contributed by atoms with Crippen molar-refractivity contribution in [1.29, 1.82) is 0 Å². The zero-order valence-corrected chi connectivity index (χ0v) is 15.2. The second kappa shape index (κ2) is 8.31. The van der Waals surface area contributed by atoms with Crippen LogP contribution in [0, 0.1) is 0 Å². The highest BCUT2D eigenvalue weighted by Crippen LogP contribution is 2.30. The third-order valence-electron chi connectivity index (χ3n) is 4.90. The van der Waals surface area contributed by atoms with Crippen molar-refractivity contribution in [3.05, 3.63) is 18.0 Å².